The molecule has 0 bridgehead atoms. The van der Waals surface area contributed by atoms with Crippen LogP contribution in [0.15, 0.2) is 48.5 Å². The Kier molecular flexibility index (Phi) is 7.97. The Morgan fingerprint density at radius 2 is 1.77 bits per heavy atom. The SMILES string of the molecule is CCC(Oc1ccccc1OC)C(=O)NCc1ccc(OC2CCN(C)CC2)cc1. The zero-order valence-electron chi connectivity index (χ0n) is 18.1. The van der Waals surface area contributed by atoms with Crippen molar-refractivity contribution >= 4 is 5.91 Å². The standard InChI is InChI=1S/C24H32N2O4/c1-4-21(30-23-8-6-5-7-22(23)28-3)24(27)25-17-18-9-11-19(12-10-18)29-20-13-15-26(2)16-14-20/h5-12,20-21H,4,13-17H2,1-3H3,(H,25,27). The molecule has 0 spiro atoms. The Balaban J connectivity index is 1.49. The number of carbonyl (C=O) groups excluding carboxylic acids is 1. The lowest BCUT2D eigenvalue weighted by Crippen LogP contribution is -2.37. The number of likely N-dealkylation sites (tertiary alicyclic amines) is 1. The van der Waals surface area contributed by atoms with Crippen molar-refractivity contribution in [2.24, 2.45) is 0 Å². The van der Waals surface area contributed by atoms with Gasteiger partial charge in [0.05, 0.1) is 7.11 Å². The summed E-state index contributed by atoms with van der Waals surface area (Å²) in [6, 6.07) is 15.3. The number of nitrogens with one attached hydrogen (secondary N) is 1. The van der Waals surface area contributed by atoms with Crippen LogP contribution in [-0.4, -0.2) is 50.3 Å². The monoisotopic (exact) mass is 412 g/mol. The van der Waals surface area contributed by atoms with Gasteiger partial charge in [0.1, 0.15) is 11.9 Å². The van der Waals surface area contributed by atoms with Gasteiger partial charge < -0.3 is 24.4 Å². The third kappa shape index (κ3) is 6.13. The van der Waals surface area contributed by atoms with Gasteiger partial charge >= 0.3 is 0 Å². The summed E-state index contributed by atoms with van der Waals surface area (Å²) in [7, 11) is 3.73. The van der Waals surface area contributed by atoms with E-state index in [2.05, 4.69) is 17.3 Å². The van der Waals surface area contributed by atoms with Crippen LogP contribution in [0.5, 0.6) is 17.2 Å². The molecule has 0 aromatic heterocycles. The van der Waals surface area contributed by atoms with E-state index in [0.29, 0.717) is 24.5 Å². The van der Waals surface area contributed by atoms with Gasteiger partial charge in [-0.25, -0.2) is 0 Å². The minimum Gasteiger partial charge on any atom is -0.493 e. The average molecular weight is 413 g/mol. The predicted molar refractivity (Wildman–Crippen MR) is 117 cm³/mol. The number of amides is 1. The molecule has 0 radical (unpaired) electrons. The summed E-state index contributed by atoms with van der Waals surface area (Å²) < 4.78 is 17.3. The summed E-state index contributed by atoms with van der Waals surface area (Å²) in [5.41, 5.74) is 1.02. The normalized spacial score (nSPS) is 16.0. The molecule has 3 rings (SSSR count). The predicted octanol–water partition coefficient (Wildman–Crippen LogP) is 3.64. The van der Waals surface area contributed by atoms with Crippen LogP contribution in [0.3, 0.4) is 0 Å². The Bertz CT molecular complexity index is 801. The first-order valence-corrected chi connectivity index (χ1v) is 10.6. The van der Waals surface area contributed by atoms with Gasteiger partial charge in [-0.05, 0) is 56.1 Å². The Morgan fingerprint density at radius 3 is 2.40 bits per heavy atom. The van der Waals surface area contributed by atoms with Crippen molar-refractivity contribution in [1.29, 1.82) is 0 Å². The van der Waals surface area contributed by atoms with E-state index in [9.17, 15) is 4.79 Å². The van der Waals surface area contributed by atoms with Crippen LogP contribution in [0, 0.1) is 0 Å². The van der Waals surface area contributed by atoms with Gasteiger partial charge in [0, 0.05) is 19.6 Å². The summed E-state index contributed by atoms with van der Waals surface area (Å²) >= 11 is 0. The number of methoxy groups -OCH3 is 1. The fraction of sp³-hybridized carbons (Fsp3) is 0.458. The highest BCUT2D eigenvalue weighted by Gasteiger charge is 2.20. The topological polar surface area (TPSA) is 60.0 Å². The fourth-order valence-corrected chi connectivity index (χ4v) is 3.48. The maximum absolute atomic E-state index is 12.6. The molecule has 30 heavy (non-hydrogen) atoms. The first-order valence-electron chi connectivity index (χ1n) is 10.6. The van der Waals surface area contributed by atoms with E-state index in [4.69, 9.17) is 14.2 Å². The summed E-state index contributed by atoms with van der Waals surface area (Å²) in [5.74, 6) is 1.92. The Labute approximate surface area is 179 Å². The number of piperidine rings is 1. The van der Waals surface area contributed by atoms with E-state index in [1.807, 2.05) is 49.4 Å². The molecule has 1 aliphatic heterocycles. The average Bonchev–Trinajstić information content (AvgIpc) is 2.78. The number of hydrogen-bond acceptors (Lipinski definition) is 5. The van der Waals surface area contributed by atoms with Crippen molar-refractivity contribution in [1.82, 2.24) is 10.2 Å². The molecule has 1 amide bonds. The second kappa shape index (κ2) is 10.9. The van der Waals surface area contributed by atoms with Gasteiger partial charge in [-0.15, -0.1) is 0 Å². The lowest BCUT2D eigenvalue weighted by molar-refractivity contribution is -0.128. The Morgan fingerprint density at radius 1 is 1.10 bits per heavy atom. The number of hydrogen-bond donors (Lipinski definition) is 1. The lowest BCUT2D eigenvalue weighted by atomic mass is 10.1. The Hall–Kier alpha value is -2.73. The molecule has 6 nitrogen and oxygen atoms in total. The molecule has 0 saturated carbocycles. The second-order valence-electron chi connectivity index (χ2n) is 7.65. The zero-order chi connectivity index (χ0) is 21.3. The fourth-order valence-electron chi connectivity index (χ4n) is 3.48. The molecule has 1 saturated heterocycles. The van der Waals surface area contributed by atoms with Crippen molar-refractivity contribution in [3.63, 3.8) is 0 Å². The van der Waals surface area contributed by atoms with Gasteiger partial charge in [-0.2, -0.15) is 0 Å². The van der Waals surface area contributed by atoms with E-state index in [1.54, 1.807) is 13.2 Å². The highest BCUT2D eigenvalue weighted by molar-refractivity contribution is 5.81. The van der Waals surface area contributed by atoms with E-state index < -0.39 is 6.10 Å². The van der Waals surface area contributed by atoms with Crippen LogP contribution in [0.25, 0.3) is 0 Å². The van der Waals surface area contributed by atoms with Crippen molar-refractivity contribution in [3.8, 4) is 17.2 Å². The number of ether oxygens (including phenoxy) is 3. The third-order valence-electron chi connectivity index (χ3n) is 5.36. The summed E-state index contributed by atoms with van der Waals surface area (Å²) in [4.78, 5) is 14.9. The first kappa shape index (κ1) is 22.0. The van der Waals surface area contributed by atoms with Gasteiger partial charge in [-0.3, -0.25) is 4.79 Å². The molecule has 6 heteroatoms. The van der Waals surface area contributed by atoms with E-state index in [0.717, 1.165) is 37.2 Å². The molecule has 1 unspecified atom stereocenters. The molecule has 1 atom stereocenters. The van der Waals surface area contributed by atoms with Crippen molar-refractivity contribution in [2.45, 2.75) is 44.9 Å². The minimum atomic E-state index is -0.576. The van der Waals surface area contributed by atoms with Crippen molar-refractivity contribution in [2.75, 3.05) is 27.2 Å². The van der Waals surface area contributed by atoms with Crippen LogP contribution in [0.2, 0.25) is 0 Å². The second-order valence-corrected chi connectivity index (χ2v) is 7.65. The van der Waals surface area contributed by atoms with Gasteiger partial charge in [-0.1, -0.05) is 31.2 Å². The third-order valence-corrected chi connectivity index (χ3v) is 5.36. The molecule has 2 aromatic carbocycles. The van der Waals surface area contributed by atoms with E-state index in [-0.39, 0.29) is 12.0 Å². The molecule has 1 N–H and O–H groups in total. The van der Waals surface area contributed by atoms with Crippen LogP contribution in [0.1, 0.15) is 31.7 Å². The highest BCUT2D eigenvalue weighted by atomic mass is 16.5. The van der Waals surface area contributed by atoms with E-state index in [1.165, 1.54) is 0 Å². The van der Waals surface area contributed by atoms with Gasteiger partial charge in [0.15, 0.2) is 17.6 Å². The summed E-state index contributed by atoms with van der Waals surface area (Å²) in [5, 5.41) is 2.96. The molecule has 0 aliphatic carbocycles. The first-order chi connectivity index (χ1) is 14.6. The molecule has 162 valence electrons. The molecule has 1 fully saturated rings. The molecular weight excluding hydrogens is 380 g/mol. The smallest absolute Gasteiger partial charge is 0.261 e. The molecular formula is C24H32N2O4. The maximum Gasteiger partial charge on any atom is 0.261 e. The summed E-state index contributed by atoms with van der Waals surface area (Å²) in [6.45, 7) is 4.52. The lowest BCUT2D eigenvalue weighted by Gasteiger charge is -2.29. The zero-order valence-corrected chi connectivity index (χ0v) is 18.1. The number of rotatable bonds is 9. The minimum absolute atomic E-state index is 0.143. The van der Waals surface area contributed by atoms with Crippen molar-refractivity contribution < 1.29 is 19.0 Å². The maximum atomic E-state index is 12.6. The highest BCUT2D eigenvalue weighted by Crippen LogP contribution is 2.27. The van der Waals surface area contributed by atoms with Crippen molar-refractivity contribution in [3.05, 3.63) is 54.1 Å². The largest absolute Gasteiger partial charge is 0.493 e. The van der Waals surface area contributed by atoms with E-state index >= 15 is 0 Å². The molecule has 1 aliphatic rings. The number of nitrogens with zero attached hydrogens (tertiary/aromatic N) is 1. The molecule has 2 aromatic rings. The number of para-hydroxylation sites is 2. The molecule has 1 heterocycles. The quantitative estimate of drug-likeness (QED) is 0.681. The number of benzene rings is 2. The van der Waals surface area contributed by atoms with Crippen LogP contribution < -0.4 is 19.5 Å². The van der Waals surface area contributed by atoms with Crippen LogP contribution in [-0.2, 0) is 11.3 Å². The van der Waals surface area contributed by atoms with Crippen LogP contribution >= 0.6 is 0 Å². The van der Waals surface area contributed by atoms with Gasteiger partial charge in [0.25, 0.3) is 5.91 Å². The number of carbonyl (C=O) groups is 1. The van der Waals surface area contributed by atoms with Crippen LogP contribution in [0.4, 0.5) is 0 Å². The van der Waals surface area contributed by atoms with Gasteiger partial charge in [0.2, 0.25) is 0 Å². The summed E-state index contributed by atoms with van der Waals surface area (Å²) in [6.07, 6.45) is 2.38.